The van der Waals surface area contributed by atoms with Crippen molar-refractivity contribution >= 4 is 34.8 Å². The highest BCUT2D eigenvalue weighted by Gasteiger charge is 2.12. The number of aromatic carboxylic acids is 1. The van der Waals surface area contributed by atoms with E-state index in [-0.39, 0.29) is 0 Å². The van der Waals surface area contributed by atoms with Gasteiger partial charge in [0.15, 0.2) is 0 Å². The highest BCUT2D eigenvalue weighted by Crippen LogP contribution is 2.30. The van der Waals surface area contributed by atoms with E-state index in [4.69, 9.17) is 10.8 Å². The van der Waals surface area contributed by atoms with Crippen LogP contribution in [0.5, 0.6) is 0 Å². The van der Waals surface area contributed by atoms with Crippen LogP contribution in [0, 0.1) is 6.92 Å². The van der Waals surface area contributed by atoms with Gasteiger partial charge in [0.25, 0.3) is 0 Å². The Kier molecular flexibility index (Phi) is 3.93. The molecule has 0 atom stereocenters. The molecule has 5 heteroatoms. The number of carboxylic acid groups (broad SMARTS) is 1. The van der Waals surface area contributed by atoms with Crippen LogP contribution >= 0.6 is 23.1 Å². The summed E-state index contributed by atoms with van der Waals surface area (Å²) in [5, 5.41) is 10.8. The van der Waals surface area contributed by atoms with Gasteiger partial charge < -0.3 is 10.8 Å². The Morgan fingerprint density at radius 1 is 1.44 bits per heavy atom. The lowest BCUT2D eigenvalue weighted by atomic mass is 10.2. The molecule has 0 fully saturated rings. The van der Waals surface area contributed by atoms with Gasteiger partial charge in [-0.1, -0.05) is 6.07 Å². The Morgan fingerprint density at radius 2 is 2.22 bits per heavy atom. The minimum atomic E-state index is -0.857. The molecule has 0 radical (unpaired) electrons. The molecule has 1 aromatic carbocycles. The summed E-state index contributed by atoms with van der Waals surface area (Å²) in [6, 6.07) is 7.63. The number of hydrogen-bond donors (Lipinski definition) is 2. The number of anilines is 1. The molecule has 0 aliphatic rings. The van der Waals surface area contributed by atoms with Crippen LogP contribution in [0.1, 0.15) is 20.8 Å². The van der Waals surface area contributed by atoms with Gasteiger partial charge in [0.05, 0.1) is 0 Å². The standard InChI is InChI=1S/C13H13NO2S2/c1-8-2-3-10(14)6-11(8)18-7-9-4-5-17-12(9)13(15)16/h2-6H,7,14H2,1H3,(H,15,16). The molecule has 0 spiro atoms. The molecule has 1 aromatic heterocycles. The molecule has 3 nitrogen and oxygen atoms in total. The van der Waals surface area contributed by atoms with Crippen molar-refractivity contribution in [2.75, 3.05) is 5.73 Å². The smallest absolute Gasteiger partial charge is 0.346 e. The van der Waals surface area contributed by atoms with Crippen molar-refractivity contribution in [3.05, 3.63) is 45.6 Å². The van der Waals surface area contributed by atoms with Crippen molar-refractivity contribution in [1.82, 2.24) is 0 Å². The second kappa shape index (κ2) is 5.46. The number of nitrogens with two attached hydrogens (primary N) is 1. The number of thioether (sulfide) groups is 1. The van der Waals surface area contributed by atoms with Gasteiger partial charge >= 0.3 is 5.97 Å². The zero-order chi connectivity index (χ0) is 13.1. The average Bonchev–Trinajstić information content (AvgIpc) is 2.79. The van der Waals surface area contributed by atoms with Crippen LogP contribution in [0.2, 0.25) is 0 Å². The van der Waals surface area contributed by atoms with E-state index in [0.29, 0.717) is 10.6 Å². The summed E-state index contributed by atoms with van der Waals surface area (Å²) in [6.07, 6.45) is 0. The van der Waals surface area contributed by atoms with E-state index in [1.54, 1.807) is 11.8 Å². The van der Waals surface area contributed by atoms with Gasteiger partial charge in [0.2, 0.25) is 0 Å². The van der Waals surface area contributed by atoms with Gasteiger partial charge in [-0.2, -0.15) is 0 Å². The average molecular weight is 279 g/mol. The number of carboxylic acids is 1. The van der Waals surface area contributed by atoms with Crippen molar-refractivity contribution < 1.29 is 9.90 Å². The minimum absolute atomic E-state index is 0.420. The van der Waals surface area contributed by atoms with Gasteiger partial charge in [0, 0.05) is 16.3 Å². The fraction of sp³-hybridized carbons (Fsp3) is 0.154. The monoisotopic (exact) mass is 279 g/mol. The van der Waals surface area contributed by atoms with Crippen LogP contribution in [0.3, 0.4) is 0 Å². The maximum atomic E-state index is 11.0. The summed E-state index contributed by atoms with van der Waals surface area (Å²) in [5.74, 6) is -0.208. The molecule has 1 heterocycles. The van der Waals surface area contributed by atoms with Crippen LogP contribution in [0.4, 0.5) is 5.69 Å². The Hall–Kier alpha value is -1.46. The van der Waals surface area contributed by atoms with Crippen LogP contribution in [0.25, 0.3) is 0 Å². The molecule has 0 aliphatic heterocycles. The molecule has 2 rings (SSSR count). The Labute approximate surface area is 114 Å². The molecule has 0 unspecified atom stereocenters. The summed E-state index contributed by atoms with van der Waals surface area (Å²) in [7, 11) is 0. The third-order valence-corrected chi connectivity index (χ3v) is 4.69. The fourth-order valence-corrected chi connectivity index (χ4v) is 3.48. The predicted octanol–water partition coefficient (Wildman–Crippen LogP) is 3.63. The second-order valence-corrected chi connectivity index (χ2v) is 5.83. The SMILES string of the molecule is Cc1ccc(N)cc1SCc1ccsc1C(=O)O. The van der Waals surface area contributed by atoms with Crippen LogP contribution < -0.4 is 5.73 Å². The Bertz CT molecular complexity index is 578. The lowest BCUT2D eigenvalue weighted by Crippen LogP contribution is -1.96. The number of hydrogen-bond acceptors (Lipinski definition) is 4. The van der Waals surface area contributed by atoms with E-state index < -0.39 is 5.97 Å². The van der Waals surface area contributed by atoms with Crippen LogP contribution in [0.15, 0.2) is 34.5 Å². The van der Waals surface area contributed by atoms with E-state index in [1.807, 2.05) is 36.6 Å². The lowest BCUT2D eigenvalue weighted by molar-refractivity contribution is 0.0701. The molecular weight excluding hydrogens is 266 g/mol. The Balaban J connectivity index is 2.14. The first-order valence-corrected chi connectivity index (χ1v) is 7.23. The molecule has 18 heavy (non-hydrogen) atoms. The number of carbonyl (C=O) groups is 1. The molecule has 0 saturated carbocycles. The molecule has 0 amide bonds. The van der Waals surface area contributed by atoms with E-state index in [9.17, 15) is 4.79 Å². The van der Waals surface area contributed by atoms with Crippen molar-refractivity contribution in [1.29, 1.82) is 0 Å². The minimum Gasteiger partial charge on any atom is -0.477 e. The van der Waals surface area contributed by atoms with E-state index in [2.05, 4.69) is 0 Å². The molecule has 0 saturated heterocycles. The summed E-state index contributed by atoms with van der Waals surface area (Å²) >= 11 is 2.88. The Morgan fingerprint density at radius 3 is 2.94 bits per heavy atom. The molecule has 3 N–H and O–H groups in total. The zero-order valence-electron chi connectivity index (χ0n) is 9.84. The first-order valence-electron chi connectivity index (χ1n) is 5.36. The van der Waals surface area contributed by atoms with Crippen molar-refractivity contribution in [2.24, 2.45) is 0 Å². The number of aryl methyl sites for hydroxylation is 1. The van der Waals surface area contributed by atoms with E-state index >= 15 is 0 Å². The summed E-state index contributed by atoms with van der Waals surface area (Å²) in [5.41, 5.74) is 8.49. The first kappa shape index (κ1) is 13.0. The van der Waals surface area contributed by atoms with Crippen LogP contribution in [-0.2, 0) is 5.75 Å². The van der Waals surface area contributed by atoms with Crippen molar-refractivity contribution in [3.63, 3.8) is 0 Å². The number of rotatable bonds is 4. The largest absolute Gasteiger partial charge is 0.477 e. The highest BCUT2D eigenvalue weighted by molar-refractivity contribution is 7.98. The van der Waals surface area contributed by atoms with Crippen LogP contribution in [-0.4, -0.2) is 11.1 Å². The lowest BCUT2D eigenvalue weighted by Gasteiger charge is -2.06. The third-order valence-electron chi connectivity index (χ3n) is 2.54. The summed E-state index contributed by atoms with van der Waals surface area (Å²) in [4.78, 5) is 12.5. The van der Waals surface area contributed by atoms with E-state index in [1.165, 1.54) is 11.3 Å². The maximum absolute atomic E-state index is 11.0. The number of thiophene rings is 1. The first-order chi connectivity index (χ1) is 8.58. The van der Waals surface area contributed by atoms with Gasteiger partial charge in [-0.15, -0.1) is 23.1 Å². The topological polar surface area (TPSA) is 63.3 Å². The van der Waals surface area contributed by atoms with Crippen molar-refractivity contribution in [2.45, 2.75) is 17.6 Å². The predicted molar refractivity (Wildman–Crippen MR) is 76.4 cm³/mol. The summed E-state index contributed by atoms with van der Waals surface area (Å²) in [6.45, 7) is 2.02. The van der Waals surface area contributed by atoms with Gasteiger partial charge in [-0.25, -0.2) is 4.79 Å². The quantitative estimate of drug-likeness (QED) is 0.662. The molecule has 0 bridgehead atoms. The fourth-order valence-electron chi connectivity index (χ4n) is 1.56. The zero-order valence-corrected chi connectivity index (χ0v) is 11.5. The van der Waals surface area contributed by atoms with Gasteiger partial charge in [0.1, 0.15) is 4.88 Å². The molecule has 2 aromatic rings. The molecule has 0 aliphatic carbocycles. The molecular formula is C13H13NO2S2. The van der Waals surface area contributed by atoms with Gasteiger partial charge in [-0.3, -0.25) is 0 Å². The van der Waals surface area contributed by atoms with E-state index in [0.717, 1.165) is 21.7 Å². The normalized spacial score (nSPS) is 10.5. The van der Waals surface area contributed by atoms with Gasteiger partial charge in [-0.05, 0) is 41.6 Å². The number of nitrogen functional groups attached to an aromatic ring is 1. The second-order valence-electron chi connectivity index (χ2n) is 3.89. The number of benzene rings is 1. The third kappa shape index (κ3) is 2.86. The van der Waals surface area contributed by atoms with Crippen molar-refractivity contribution in [3.8, 4) is 0 Å². The molecule has 94 valence electrons. The summed E-state index contributed by atoms with van der Waals surface area (Å²) < 4.78 is 0. The highest BCUT2D eigenvalue weighted by atomic mass is 32.2. The maximum Gasteiger partial charge on any atom is 0.346 e.